The minimum Gasteiger partial charge on any atom is -0.309 e. The smallest absolute Gasteiger partial charge is 0.0386 e. The summed E-state index contributed by atoms with van der Waals surface area (Å²) in [6.07, 6.45) is 5.60. The van der Waals surface area contributed by atoms with E-state index in [2.05, 4.69) is 38.2 Å². The first-order valence-corrected chi connectivity index (χ1v) is 7.27. The van der Waals surface area contributed by atoms with Gasteiger partial charge >= 0.3 is 0 Å². The van der Waals surface area contributed by atoms with Crippen molar-refractivity contribution in [1.29, 1.82) is 0 Å². The third kappa shape index (κ3) is 2.86. The van der Waals surface area contributed by atoms with Crippen LogP contribution in [-0.2, 0) is 0 Å². The summed E-state index contributed by atoms with van der Waals surface area (Å²) in [5, 5.41) is 3.71. The SMILES string of the molecule is CCCC1(CNC(C)c2ccc(C)s2)CC1. The fraction of sp³-hybridized carbons (Fsp3) is 0.714. The summed E-state index contributed by atoms with van der Waals surface area (Å²) in [6.45, 7) is 7.97. The molecule has 0 radical (unpaired) electrons. The first-order chi connectivity index (χ1) is 7.65. The van der Waals surface area contributed by atoms with Gasteiger partial charge in [0.15, 0.2) is 0 Å². The van der Waals surface area contributed by atoms with Crippen molar-refractivity contribution in [3.8, 4) is 0 Å². The number of nitrogens with one attached hydrogen (secondary N) is 1. The van der Waals surface area contributed by atoms with E-state index in [1.807, 2.05) is 11.3 Å². The molecule has 1 aromatic rings. The largest absolute Gasteiger partial charge is 0.309 e. The molecule has 2 rings (SSSR count). The van der Waals surface area contributed by atoms with E-state index in [-0.39, 0.29) is 0 Å². The quantitative estimate of drug-likeness (QED) is 0.778. The molecule has 0 bridgehead atoms. The summed E-state index contributed by atoms with van der Waals surface area (Å²) in [5.74, 6) is 0. The van der Waals surface area contributed by atoms with E-state index in [1.54, 1.807) is 0 Å². The van der Waals surface area contributed by atoms with Gasteiger partial charge in [0.25, 0.3) is 0 Å². The van der Waals surface area contributed by atoms with Crippen molar-refractivity contribution in [2.75, 3.05) is 6.54 Å². The molecule has 1 fully saturated rings. The molecule has 0 aromatic carbocycles. The molecule has 1 aliphatic carbocycles. The van der Waals surface area contributed by atoms with Crippen LogP contribution in [0.1, 0.15) is 55.3 Å². The second kappa shape index (κ2) is 4.89. The van der Waals surface area contributed by atoms with Crippen LogP contribution in [0.15, 0.2) is 12.1 Å². The zero-order valence-corrected chi connectivity index (χ0v) is 11.5. The van der Waals surface area contributed by atoms with E-state index in [1.165, 1.54) is 42.0 Å². The van der Waals surface area contributed by atoms with E-state index in [0.29, 0.717) is 11.5 Å². The highest BCUT2D eigenvalue weighted by Gasteiger charge is 2.41. The second-order valence-corrected chi connectivity index (χ2v) is 6.62. The zero-order chi connectivity index (χ0) is 11.6. The summed E-state index contributed by atoms with van der Waals surface area (Å²) in [7, 11) is 0. The Morgan fingerprint density at radius 2 is 2.19 bits per heavy atom. The van der Waals surface area contributed by atoms with Gasteiger partial charge in [0.05, 0.1) is 0 Å². The van der Waals surface area contributed by atoms with E-state index in [9.17, 15) is 0 Å². The molecule has 1 aromatic heterocycles. The van der Waals surface area contributed by atoms with Crippen molar-refractivity contribution < 1.29 is 0 Å². The molecular formula is C14H23NS. The number of rotatable bonds is 6. The maximum Gasteiger partial charge on any atom is 0.0386 e. The van der Waals surface area contributed by atoms with Crippen LogP contribution in [-0.4, -0.2) is 6.54 Å². The Kier molecular flexibility index (Phi) is 3.70. The first-order valence-electron chi connectivity index (χ1n) is 6.45. The van der Waals surface area contributed by atoms with Gasteiger partial charge in [-0.2, -0.15) is 0 Å². The van der Waals surface area contributed by atoms with Crippen molar-refractivity contribution in [3.05, 3.63) is 21.9 Å². The Labute approximate surface area is 103 Å². The Morgan fingerprint density at radius 1 is 1.44 bits per heavy atom. The van der Waals surface area contributed by atoms with Crippen LogP contribution in [0.5, 0.6) is 0 Å². The van der Waals surface area contributed by atoms with Crippen LogP contribution in [0.2, 0.25) is 0 Å². The molecule has 1 N–H and O–H groups in total. The maximum absolute atomic E-state index is 3.71. The third-order valence-corrected chi connectivity index (χ3v) is 4.89. The molecule has 1 aliphatic rings. The highest BCUT2D eigenvalue weighted by molar-refractivity contribution is 7.12. The van der Waals surface area contributed by atoms with Crippen LogP contribution < -0.4 is 5.32 Å². The Hall–Kier alpha value is -0.340. The van der Waals surface area contributed by atoms with Gasteiger partial charge in [-0.1, -0.05) is 13.3 Å². The molecule has 0 aliphatic heterocycles. The number of hydrogen-bond acceptors (Lipinski definition) is 2. The van der Waals surface area contributed by atoms with Crippen molar-refractivity contribution >= 4 is 11.3 Å². The molecule has 1 unspecified atom stereocenters. The van der Waals surface area contributed by atoms with Gasteiger partial charge in [0, 0.05) is 22.3 Å². The van der Waals surface area contributed by atoms with E-state index in [4.69, 9.17) is 0 Å². The molecule has 1 heterocycles. The summed E-state index contributed by atoms with van der Waals surface area (Å²) in [4.78, 5) is 2.89. The van der Waals surface area contributed by atoms with Crippen LogP contribution >= 0.6 is 11.3 Å². The molecule has 0 saturated heterocycles. The molecule has 0 amide bonds. The minimum absolute atomic E-state index is 0.521. The number of hydrogen-bond donors (Lipinski definition) is 1. The van der Waals surface area contributed by atoms with Crippen molar-refractivity contribution in [3.63, 3.8) is 0 Å². The highest BCUT2D eigenvalue weighted by Crippen LogP contribution is 2.49. The summed E-state index contributed by atoms with van der Waals surface area (Å²) in [5.41, 5.74) is 0.662. The lowest BCUT2D eigenvalue weighted by Gasteiger charge is -2.18. The Balaban J connectivity index is 1.82. The van der Waals surface area contributed by atoms with Crippen LogP contribution in [0.4, 0.5) is 0 Å². The van der Waals surface area contributed by atoms with Crippen LogP contribution in [0.3, 0.4) is 0 Å². The lowest BCUT2D eigenvalue weighted by atomic mass is 10.0. The van der Waals surface area contributed by atoms with Gasteiger partial charge in [-0.3, -0.25) is 0 Å². The highest BCUT2D eigenvalue weighted by atomic mass is 32.1. The lowest BCUT2D eigenvalue weighted by molar-refractivity contribution is 0.399. The lowest BCUT2D eigenvalue weighted by Crippen LogP contribution is -2.26. The van der Waals surface area contributed by atoms with Gasteiger partial charge < -0.3 is 5.32 Å². The number of aryl methyl sites for hydroxylation is 1. The second-order valence-electron chi connectivity index (χ2n) is 5.30. The molecule has 2 heteroatoms. The van der Waals surface area contributed by atoms with Crippen molar-refractivity contribution in [1.82, 2.24) is 5.32 Å². The molecule has 1 nitrogen and oxygen atoms in total. The van der Waals surface area contributed by atoms with Gasteiger partial charge in [0.1, 0.15) is 0 Å². The standard InChI is InChI=1S/C14H23NS/c1-4-7-14(8-9-14)10-15-12(3)13-6-5-11(2)16-13/h5-6,12,15H,4,7-10H2,1-3H3. The van der Waals surface area contributed by atoms with E-state index in [0.717, 1.165) is 0 Å². The van der Waals surface area contributed by atoms with Gasteiger partial charge in [-0.25, -0.2) is 0 Å². The maximum atomic E-state index is 3.71. The molecule has 16 heavy (non-hydrogen) atoms. The topological polar surface area (TPSA) is 12.0 Å². The third-order valence-electron chi connectivity index (χ3n) is 3.71. The van der Waals surface area contributed by atoms with E-state index >= 15 is 0 Å². The van der Waals surface area contributed by atoms with Crippen molar-refractivity contribution in [2.24, 2.45) is 5.41 Å². The summed E-state index contributed by atoms with van der Waals surface area (Å²) >= 11 is 1.92. The predicted octanol–water partition coefficient (Wildman–Crippen LogP) is 4.29. The zero-order valence-electron chi connectivity index (χ0n) is 10.7. The molecule has 1 atom stereocenters. The Bertz CT molecular complexity index is 338. The average molecular weight is 237 g/mol. The fourth-order valence-corrected chi connectivity index (χ4v) is 3.28. The van der Waals surface area contributed by atoms with E-state index < -0.39 is 0 Å². The fourth-order valence-electron chi connectivity index (χ4n) is 2.38. The first kappa shape index (κ1) is 12.1. The molecule has 1 saturated carbocycles. The summed E-state index contributed by atoms with van der Waals surface area (Å²) in [6, 6.07) is 5.00. The molecule has 90 valence electrons. The Morgan fingerprint density at radius 3 is 2.69 bits per heavy atom. The van der Waals surface area contributed by atoms with Gasteiger partial charge in [0.2, 0.25) is 0 Å². The van der Waals surface area contributed by atoms with Gasteiger partial charge in [-0.05, 0) is 50.7 Å². The minimum atomic E-state index is 0.521. The van der Waals surface area contributed by atoms with Crippen molar-refractivity contribution in [2.45, 2.75) is 52.5 Å². The monoisotopic (exact) mass is 237 g/mol. The molecular weight excluding hydrogens is 214 g/mol. The van der Waals surface area contributed by atoms with Gasteiger partial charge in [-0.15, -0.1) is 11.3 Å². The summed E-state index contributed by atoms with van der Waals surface area (Å²) < 4.78 is 0. The van der Waals surface area contributed by atoms with Crippen LogP contribution in [0.25, 0.3) is 0 Å². The predicted molar refractivity (Wildman–Crippen MR) is 72.0 cm³/mol. The number of thiophene rings is 1. The van der Waals surface area contributed by atoms with Crippen LogP contribution in [0, 0.1) is 12.3 Å². The normalized spacial score (nSPS) is 19.7. The molecule has 0 spiro atoms. The average Bonchev–Trinajstić information content (AvgIpc) is 2.89.